The van der Waals surface area contributed by atoms with Crippen LogP contribution in [0.2, 0.25) is 5.02 Å². The van der Waals surface area contributed by atoms with Crippen molar-refractivity contribution in [1.82, 2.24) is 9.78 Å². The molecule has 1 aliphatic heterocycles. The third-order valence-corrected chi connectivity index (χ3v) is 5.35. The molecule has 0 bridgehead atoms. The summed E-state index contributed by atoms with van der Waals surface area (Å²) in [5.74, 6) is -4.50. The van der Waals surface area contributed by atoms with Gasteiger partial charge in [0.2, 0.25) is 0 Å². The zero-order chi connectivity index (χ0) is 20.0. The summed E-state index contributed by atoms with van der Waals surface area (Å²) >= 11 is 6.13. The highest BCUT2D eigenvalue weighted by Gasteiger charge is 2.60. The lowest BCUT2D eigenvalue weighted by atomic mass is 9.72. The van der Waals surface area contributed by atoms with E-state index in [1.807, 2.05) is 0 Å². The van der Waals surface area contributed by atoms with Crippen LogP contribution >= 0.6 is 11.6 Å². The van der Waals surface area contributed by atoms with Crippen molar-refractivity contribution in [3.63, 3.8) is 0 Å². The van der Waals surface area contributed by atoms with E-state index in [2.05, 4.69) is 19.8 Å². The van der Waals surface area contributed by atoms with Gasteiger partial charge in [-0.2, -0.15) is 5.10 Å². The number of nitrogens with two attached hydrogens (primary N) is 1. The molecule has 2 N–H and O–H groups in total. The number of nitrogens with zero attached hydrogens (tertiary/aromatic N) is 4. The molecule has 1 aliphatic carbocycles. The molecule has 0 amide bonds. The maximum Gasteiger partial charge on any atom is 0.306 e. The van der Waals surface area contributed by atoms with E-state index in [0.717, 1.165) is 0 Å². The summed E-state index contributed by atoms with van der Waals surface area (Å²) in [5.41, 5.74) is 4.49. The van der Waals surface area contributed by atoms with Gasteiger partial charge in [0.25, 0.3) is 6.02 Å². The van der Waals surface area contributed by atoms with Gasteiger partial charge in [0.05, 0.1) is 11.1 Å². The Morgan fingerprint density at radius 2 is 2.19 bits per heavy atom. The molecule has 0 saturated heterocycles. The third kappa shape index (κ3) is 3.56. The van der Waals surface area contributed by atoms with E-state index in [-0.39, 0.29) is 12.4 Å². The first-order valence-corrected chi connectivity index (χ1v) is 8.85. The Kier molecular flexibility index (Phi) is 5.00. The van der Waals surface area contributed by atoms with Crippen LogP contribution in [-0.2, 0) is 11.8 Å². The minimum Gasteiger partial charge on any atom is -0.459 e. The SMILES string of the molecule is CC(N=C1C=CC(F)C(C2(C)N=C(N)OCC2(F)F)C1)c1nn(C)cc1Cl. The Balaban J connectivity index is 1.91. The van der Waals surface area contributed by atoms with Gasteiger partial charge in [-0.1, -0.05) is 11.6 Å². The minimum atomic E-state index is -3.36. The fourth-order valence-corrected chi connectivity index (χ4v) is 3.76. The average Bonchev–Trinajstić information content (AvgIpc) is 2.92. The van der Waals surface area contributed by atoms with Crippen molar-refractivity contribution in [3.8, 4) is 0 Å². The largest absolute Gasteiger partial charge is 0.459 e. The molecule has 1 aromatic rings. The summed E-state index contributed by atoms with van der Waals surface area (Å²) < 4.78 is 49.9. The lowest BCUT2D eigenvalue weighted by molar-refractivity contribution is -0.136. The molecule has 2 heterocycles. The number of aryl methyl sites for hydroxylation is 1. The van der Waals surface area contributed by atoms with Gasteiger partial charge < -0.3 is 10.5 Å². The molecule has 1 aromatic heterocycles. The second-order valence-corrected chi connectivity index (χ2v) is 7.44. The smallest absolute Gasteiger partial charge is 0.306 e. The first-order chi connectivity index (χ1) is 12.5. The topological polar surface area (TPSA) is 77.8 Å². The molecule has 148 valence electrons. The van der Waals surface area contributed by atoms with Crippen molar-refractivity contribution in [1.29, 1.82) is 0 Å². The first kappa shape index (κ1) is 19.7. The maximum absolute atomic E-state index is 14.6. The van der Waals surface area contributed by atoms with Crippen LogP contribution in [0.15, 0.2) is 28.3 Å². The second-order valence-electron chi connectivity index (χ2n) is 7.04. The molecule has 10 heteroatoms. The summed E-state index contributed by atoms with van der Waals surface area (Å²) in [4.78, 5) is 8.29. The van der Waals surface area contributed by atoms with Crippen molar-refractivity contribution < 1.29 is 17.9 Å². The monoisotopic (exact) mass is 403 g/mol. The number of allylic oxidation sites excluding steroid dienone is 2. The molecule has 0 spiro atoms. The van der Waals surface area contributed by atoms with Gasteiger partial charge in [-0.15, -0.1) is 0 Å². The summed E-state index contributed by atoms with van der Waals surface area (Å²) in [6, 6.07) is -0.774. The van der Waals surface area contributed by atoms with Crippen LogP contribution < -0.4 is 5.73 Å². The fraction of sp³-hybridized carbons (Fsp3) is 0.588. The number of ether oxygens (including phenoxy) is 1. The molecule has 0 radical (unpaired) electrons. The highest BCUT2D eigenvalue weighted by atomic mass is 35.5. The maximum atomic E-state index is 14.6. The van der Waals surface area contributed by atoms with Crippen LogP contribution in [0.25, 0.3) is 0 Å². The van der Waals surface area contributed by atoms with Crippen molar-refractivity contribution in [2.24, 2.45) is 28.7 Å². The number of halogens is 4. The summed E-state index contributed by atoms with van der Waals surface area (Å²) in [7, 11) is 1.73. The Morgan fingerprint density at radius 3 is 2.81 bits per heavy atom. The van der Waals surface area contributed by atoms with E-state index in [1.165, 1.54) is 19.1 Å². The molecule has 4 unspecified atom stereocenters. The number of aliphatic imine (C=N–C) groups is 2. The molecule has 4 atom stereocenters. The Morgan fingerprint density at radius 1 is 1.48 bits per heavy atom. The van der Waals surface area contributed by atoms with Crippen LogP contribution in [0.4, 0.5) is 13.2 Å². The average molecular weight is 404 g/mol. The highest BCUT2D eigenvalue weighted by Crippen LogP contribution is 2.45. The Hall–Kier alpha value is -2.03. The predicted molar refractivity (Wildman–Crippen MR) is 97.1 cm³/mol. The lowest BCUT2D eigenvalue weighted by Crippen LogP contribution is -2.59. The summed E-state index contributed by atoms with van der Waals surface area (Å²) in [5, 5.41) is 4.70. The third-order valence-electron chi connectivity index (χ3n) is 5.06. The quantitative estimate of drug-likeness (QED) is 0.841. The van der Waals surface area contributed by atoms with Crippen molar-refractivity contribution >= 4 is 23.3 Å². The molecule has 2 aliphatic rings. The number of amidine groups is 1. The summed E-state index contributed by atoms with van der Waals surface area (Å²) in [6.45, 7) is 2.06. The van der Waals surface area contributed by atoms with E-state index in [4.69, 9.17) is 17.3 Å². The number of aromatic nitrogens is 2. The summed E-state index contributed by atoms with van der Waals surface area (Å²) in [6.07, 6.45) is 2.74. The van der Waals surface area contributed by atoms with Crippen molar-refractivity contribution in [2.75, 3.05) is 6.61 Å². The zero-order valence-corrected chi connectivity index (χ0v) is 15.9. The van der Waals surface area contributed by atoms with E-state index >= 15 is 0 Å². The van der Waals surface area contributed by atoms with Gasteiger partial charge >= 0.3 is 5.92 Å². The van der Waals surface area contributed by atoms with Gasteiger partial charge in [0.1, 0.15) is 17.4 Å². The van der Waals surface area contributed by atoms with Crippen molar-refractivity contribution in [2.45, 2.75) is 43.9 Å². The standard InChI is InChI=1S/C17H21ClF3N5O/c1-9(14-12(18)7-26(3)25-14)23-10-4-5-13(19)11(6-10)16(2)17(20,21)8-27-15(22)24-16/h4-5,7,9,11,13H,6,8H2,1-3H3,(H2,22,24). The molecule has 27 heavy (non-hydrogen) atoms. The van der Waals surface area contributed by atoms with E-state index in [0.29, 0.717) is 16.4 Å². The molecule has 0 fully saturated rings. The highest BCUT2D eigenvalue weighted by molar-refractivity contribution is 6.31. The van der Waals surface area contributed by atoms with Gasteiger partial charge in [-0.05, 0) is 32.4 Å². The molecular weight excluding hydrogens is 383 g/mol. The van der Waals surface area contributed by atoms with Crippen LogP contribution in [0.1, 0.15) is 32.0 Å². The van der Waals surface area contributed by atoms with Crippen LogP contribution in [0.5, 0.6) is 0 Å². The van der Waals surface area contributed by atoms with Gasteiger partial charge in [0, 0.05) is 24.9 Å². The molecule has 6 nitrogen and oxygen atoms in total. The Labute approximate surface area is 159 Å². The fourth-order valence-electron chi connectivity index (χ4n) is 3.43. The van der Waals surface area contributed by atoms with Gasteiger partial charge in [-0.25, -0.2) is 18.2 Å². The number of alkyl halides is 3. The normalized spacial score (nSPS) is 32.9. The molecule has 0 aromatic carbocycles. The van der Waals surface area contributed by atoms with Crippen LogP contribution in [0, 0.1) is 5.92 Å². The second kappa shape index (κ2) is 6.85. The van der Waals surface area contributed by atoms with E-state index in [1.54, 1.807) is 24.9 Å². The number of hydrogen-bond acceptors (Lipinski definition) is 5. The molecule has 0 saturated carbocycles. The minimum absolute atomic E-state index is 0.0185. The van der Waals surface area contributed by atoms with Crippen LogP contribution in [-0.4, -0.2) is 45.8 Å². The van der Waals surface area contributed by atoms with E-state index < -0.39 is 36.2 Å². The number of rotatable bonds is 3. The lowest BCUT2D eigenvalue weighted by Gasteiger charge is -2.44. The van der Waals surface area contributed by atoms with Gasteiger partial charge in [0.15, 0.2) is 6.61 Å². The zero-order valence-electron chi connectivity index (χ0n) is 15.2. The predicted octanol–water partition coefficient (Wildman–Crippen LogP) is 3.23. The first-order valence-electron chi connectivity index (χ1n) is 8.47. The van der Waals surface area contributed by atoms with E-state index in [9.17, 15) is 13.2 Å². The van der Waals surface area contributed by atoms with Crippen LogP contribution in [0.3, 0.4) is 0 Å². The Bertz CT molecular complexity index is 821. The van der Waals surface area contributed by atoms with Gasteiger partial charge in [-0.3, -0.25) is 9.67 Å². The molecule has 3 rings (SSSR count). The van der Waals surface area contributed by atoms with Crippen molar-refractivity contribution in [3.05, 3.63) is 29.1 Å². The molecular formula is C17H21ClF3N5O. The number of hydrogen-bond donors (Lipinski definition) is 1.